The zero-order valence-corrected chi connectivity index (χ0v) is 9.33. The standard InChI is InChI=1S/C6H9F6O3P/c1-4(5(7,8)9,6(10,11)12)16(13,14-2)15-3/h1-3H3. The van der Waals surface area contributed by atoms with Crippen LogP contribution in [-0.2, 0) is 13.6 Å². The average Bonchev–Trinajstić information content (AvgIpc) is 2.11. The van der Waals surface area contributed by atoms with Gasteiger partial charge < -0.3 is 9.05 Å². The summed E-state index contributed by atoms with van der Waals surface area (Å²) < 4.78 is 93.5. The lowest BCUT2D eigenvalue weighted by atomic mass is 10.1. The molecule has 0 aliphatic rings. The summed E-state index contributed by atoms with van der Waals surface area (Å²) in [6, 6.07) is 0. The summed E-state index contributed by atoms with van der Waals surface area (Å²) in [5.41, 5.74) is 0. The highest BCUT2D eigenvalue weighted by atomic mass is 31.2. The summed E-state index contributed by atoms with van der Waals surface area (Å²) in [4.78, 5) is 0. The molecule has 0 heterocycles. The van der Waals surface area contributed by atoms with Crippen molar-refractivity contribution in [3.63, 3.8) is 0 Å². The predicted octanol–water partition coefficient (Wildman–Crippen LogP) is 3.36. The van der Waals surface area contributed by atoms with Crippen molar-refractivity contribution in [3.05, 3.63) is 0 Å². The van der Waals surface area contributed by atoms with E-state index in [0.29, 0.717) is 14.2 Å². The van der Waals surface area contributed by atoms with E-state index in [4.69, 9.17) is 0 Å². The lowest BCUT2D eigenvalue weighted by Gasteiger charge is -2.37. The van der Waals surface area contributed by atoms with Crippen LogP contribution in [-0.4, -0.2) is 31.7 Å². The van der Waals surface area contributed by atoms with Gasteiger partial charge in [-0.05, 0) is 6.92 Å². The lowest BCUT2D eigenvalue weighted by Crippen LogP contribution is -2.54. The maximum atomic E-state index is 12.4. The number of halogens is 6. The van der Waals surface area contributed by atoms with Gasteiger partial charge in [-0.1, -0.05) is 0 Å². The molecule has 0 aliphatic heterocycles. The molecule has 0 spiro atoms. The van der Waals surface area contributed by atoms with Gasteiger partial charge in [0.1, 0.15) is 0 Å². The third-order valence-electron chi connectivity index (χ3n) is 2.13. The van der Waals surface area contributed by atoms with Crippen LogP contribution < -0.4 is 0 Å². The fourth-order valence-electron chi connectivity index (χ4n) is 0.911. The second kappa shape index (κ2) is 4.19. The minimum Gasteiger partial charge on any atom is -0.311 e. The van der Waals surface area contributed by atoms with Crippen molar-refractivity contribution in [2.24, 2.45) is 0 Å². The Bertz CT molecular complexity index is 274. The van der Waals surface area contributed by atoms with Gasteiger partial charge in [-0.2, -0.15) is 26.3 Å². The Balaban J connectivity index is 5.90. The van der Waals surface area contributed by atoms with Gasteiger partial charge in [-0.25, -0.2) is 0 Å². The van der Waals surface area contributed by atoms with Gasteiger partial charge in [0.2, 0.25) is 0 Å². The zero-order chi connectivity index (χ0) is 13.4. The topological polar surface area (TPSA) is 35.5 Å². The van der Waals surface area contributed by atoms with Crippen LogP contribution in [0.1, 0.15) is 6.92 Å². The van der Waals surface area contributed by atoms with E-state index >= 15 is 0 Å². The second-order valence-electron chi connectivity index (χ2n) is 2.93. The molecule has 0 aromatic heterocycles. The van der Waals surface area contributed by atoms with Crippen molar-refractivity contribution in [1.82, 2.24) is 0 Å². The highest BCUT2D eigenvalue weighted by Gasteiger charge is 2.78. The molecule has 0 atom stereocenters. The number of alkyl halides is 6. The third kappa shape index (κ3) is 2.08. The molecule has 10 heteroatoms. The van der Waals surface area contributed by atoms with Crippen LogP contribution in [0.4, 0.5) is 26.3 Å². The van der Waals surface area contributed by atoms with Gasteiger partial charge in [-0.15, -0.1) is 0 Å². The van der Waals surface area contributed by atoms with E-state index in [1.165, 1.54) is 0 Å². The summed E-state index contributed by atoms with van der Waals surface area (Å²) in [5, 5.41) is -4.56. The van der Waals surface area contributed by atoms with Gasteiger partial charge in [0, 0.05) is 14.2 Å². The van der Waals surface area contributed by atoms with Gasteiger partial charge in [-0.3, -0.25) is 4.57 Å². The molecule has 0 aliphatic carbocycles. The summed E-state index contributed by atoms with van der Waals surface area (Å²) in [7, 11) is -4.48. The minimum atomic E-state index is -5.81. The van der Waals surface area contributed by atoms with Crippen LogP contribution >= 0.6 is 7.60 Å². The zero-order valence-electron chi connectivity index (χ0n) is 8.44. The number of rotatable bonds is 3. The maximum absolute atomic E-state index is 12.4. The van der Waals surface area contributed by atoms with E-state index in [-0.39, 0.29) is 6.92 Å². The first kappa shape index (κ1) is 15.7. The third-order valence-corrected chi connectivity index (χ3v) is 4.70. The van der Waals surface area contributed by atoms with Crippen LogP contribution in [0.2, 0.25) is 0 Å². The normalized spacial score (nSPS) is 15.3. The van der Waals surface area contributed by atoms with Crippen LogP contribution in [0.15, 0.2) is 0 Å². The Morgan fingerprint density at radius 2 is 1.12 bits per heavy atom. The molecule has 0 unspecified atom stereocenters. The van der Waals surface area contributed by atoms with Crippen molar-refractivity contribution in [3.8, 4) is 0 Å². The molecule has 0 radical (unpaired) electrons. The van der Waals surface area contributed by atoms with E-state index in [1.807, 2.05) is 0 Å². The fraction of sp³-hybridized carbons (Fsp3) is 1.00. The lowest BCUT2D eigenvalue weighted by molar-refractivity contribution is -0.267. The molecule has 0 saturated heterocycles. The van der Waals surface area contributed by atoms with Gasteiger partial charge >= 0.3 is 19.9 Å². The van der Waals surface area contributed by atoms with E-state index in [9.17, 15) is 30.9 Å². The van der Waals surface area contributed by atoms with E-state index < -0.39 is 25.1 Å². The predicted molar refractivity (Wildman–Crippen MR) is 42.1 cm³/mol. The largest absolute Gasteiger partial charge is 0.414 e. The van der Waals surface area contributed by atoms with Crippen LogP contribution in [0.25, 0.3) is 0 Å². The summed E-state index contributed by atoms with van der Waals surface area (Å²) in [6.07, 6.45) is -11.6. The molecule has 16 heavy (non-hydrogen) atoms. The molecule has 0 fully saturated rings. The minimum absolute atomic E-state index is 0.263. The molecule has 0 aromatic rings. The van der Waals surface area contributed by atoms with E-state index in [2.05, 4.69) is 9.05 Å². The molecular weight excluding hydrogens is 265 g/mol. The molecular formula is C6H9F6O3P. The van der Waals surface area contributed by atoms with Crippen molar-refractivity contribution in [2.75, 3.05) is 14.2 Å². The first-order chi connectivity index (χ1) is 6.87. The van der Waals surface area contributed by atoms with Gasteiger partial charge in [0.15, 0.2) is 0 Å². The Morgan fingerprint density at radius 3 is 1.19 bits per heavy atom. The highest BCUT2D eigenvalue weighted by Crippen LogP contribution is 2.69. The number of hydrogen-bond acceptors (Lipinski definition) is 3. The Kier molecular flexibility index (Phi) is 4.12. The SMILES string of the molecule is COP(=O)(OC)C(C)(C(F)(F)F)C(F)(F)F. The second-order valence-corrected chi connectivity index (χ2v) is 5.55. The first-order valence-electron chi connectivity index (χ1n) is 3.72. The summed E-state index contributed by atoms with van der Waals surface area (Å²) in [6.45, 7) is -0.263. The molecule has 0 rings (SSSR count). The Hall–Kier alpha value is -0.270. The van der Waals surface area contributed by atoms with Crippen LogP contribution in [0, 0.1) is 0 Å². The van der Waals surface area contributed by atoms with Crippen molar-refractivity contribution >= 4 is 7.60 Å². The molecule has 98 valence electrons. The average molecular weight is 274 g/mol. The van der Waals surface area contributed by atoms with Gasteiger partial charge in [0.25, 0.3) is 5.16 Å². The van der Waals surface area contributed by atoms with Gasteiger partial charge in [0.05, 0.1) is 0 Å². The van der Waals surface area contributed by atoms with Crippen LogP contribution in [0.5, 0.6) is 0 Å². The monoisotopic (exact) mass is 274 g/mol. The molecule has 0 N–H and O–H groups in total. The fourth-order valence-corrected chi connectivity index (χ4v) is 2.41. The van der Waals surface area contributed by atoms with E-state index in [0.717, 1.165) is 0 Å². The molecule has 0 aromatic carbocycles. The quantitative estimate of drug-likeness (QED) is 0.584. The molecule has 0 saturated carbocycles. The molecule has 0 bridgehead atoms. The smallest absolute Gasteiger partial charge is 0.311 e. The first-order valence-corrected chi connectivity index (χ1v) is 5.26. The van der Waals surface area contributed by atoms with Crippen molar-refractivity contribution in [1.29, 1.82) is 0 Å². The number of hydrogen-bond donors (Lipinski definition) is 0. The summed E-state index contributed by atoms with van der Waals surface area (Å²) >= 11 is 0. The maximum Gasteiger partial charge on any atom is 0.414 e. The highest BCUT2D eigenvalue weighted by molar-refractivity contribution is 7.55. The van der Waals surface area contributed by atoms with Crippen molar-refractivity contribution < 1.29 is 40.0 Å². The summed E-state index contributed by atoms with van der Waals surface area (Å²) in [5.74, 6) is 0. The molecule has 3 nitrogen and oxygen atoms in total. The van der Waals surface area contributed by atoms with Crippen molar-refractivity contribution in [2.45, 2.75) is 24.4 Å². The van der Waals surface area contributed by atoms with E-state index in [1.54, 1.807) is 0 Å². The Labute approximate surface area is 87.2 Å². The van der Waals surface area contributed by atoms with Crippen LogP contribution in [0.3, 0.4) is 0 Å². The molecule has 0 amide bonds. The Morgan fingerprint density at radius 1 is 0.875 bits per heavy atom.